The van der Waals surface area contributed by atoms with E-state index in [2.05, 4.69) is 10.3 Å². The molecule has 0 aromatic carbocycles. The normalized spacial score (nSPS) is 11.9. The highest BCUT2D eigenvalue weighted by molar-refractivity contribution is 8.00. The van der Waals surface area contributed by atoms with E-state index >= 15 is 0 Å². The van der Waals surface area contributed by atoms with Gasteiger partial charge < -0.3 is 5.32 Å². The van der Waals surface area contributed by atoms with Gasteiger partial charge in [-0.15, -0.1) is 11.3 Å². The van der Waals surface area contributed by atoms with Gasteiger partial charge in [0.05, 0.1) is 10.2 Å². The molecule has 0 saturated heterocycles. The highest BCUT2D eigenvalue weighted by Crippen LogP contribution is 2.29. The van der Waals surface area contributed by atoms with E-state index in [1.54, 1.807) is 18.3 Å². The lowest BCUT2D eigenvalue weighted by Gasteiger charge is -2.11. The van der Waals surface area contributed by atoms with Gasteiger partial charge in [0, 0.05) is 23.7 Å². The molecule has 8 heteroatoms. The van der Waals surface area contributed by atoms with Crippen LogP contribution in [0.25, 0.3) is 0 Å². The fourth-order valence-corrected chi connectivity index (χ4v) is 3.36. The van der Waals surface area contributed by atoms with Gasteiger partial charge in [0.1, 0.15) is 0 Å². The number of hydrogen-bond acceptors (Lipinski definition) is 6. The zero-order valence-corrected chi connectivity index (χ0v) is 13.5. The SMILES string of the molecule is C[C@H](Sc1ncccc1[N+](=O)[O-])C(=O)NCCc1cccs1. The first-order chi connectivity index (χ1) is 10.6. The van der Waals surface area contributed by atoms with Crippen molar-refractivity contribution in [2.24, 2.45) is 0 Å². The number of thioether (sulfide) groups is 1. The number of amides is 1. The van der Waals surface area contributed by atoms with Crippen LogP contribution in [-0.4, -0.2) is 27.6 Å². The first-order valence-corrected chi connectivity index (χ1v) is 8.40. The second-order valence-electron chi connectivity index (χ2n) is 4.47. The van der Waals surface area contributed by atoms with Gasteiger partial charge in [-0.25, -0.2) is 4.98 Å². The van der Waals surface area contributed by atoms with E-state index in [1.807, 2.05) is 17.5 Å². The van der Waals surface area contributed by atoms with E-state index in [0.717, 1.165) is 18.2 Å². The van der Waals surface area contributed by atoms with E-state index in [9.17, 15) is 14.9 Å². The molecule has 2 aromatic heterocycles. The highest BCUT2D eigenvalue weighted by atomic mass is 32.2. The van der Waals surface area contributed by atoms with Crippen LogP contribution in [0.2, 0.25) is 0 Å². The van der Waals surface area contributed by atoms with E-state index in [-0.39, 0.29) is 16.6 Å². The number of rotatable bonds is 7. The van der Waals surface area contributed by atoms with E-state index in [1.165, 1.54) is 23.2 Å². The standard InChI is InChI=1S/C14H15N3O3S2/c1-10(13(18)15-8-6-11-4-3-9-21-11)22-14-12(17(19)20)5-2-7-16-14/h2-5,7,9-10H,6,8H2,1H3,(H,15,18)/t10-/m0/s1. The molecule has 22 heavy (non-hydrogen) atoms. The number of nitrogens with zero attached hydrogens (tertiary/aromatic N) is 2. The summed E-state index contributed by atoms with van der Waals surface area (Å²) in [6.07, 6.45) is 2.27. The Kier molecular flexibility index (Phi) is 5.91. The maximum Gasteiger partial charge on any atom is 0.301 e. The summed E-state index contributed by atoms with van der Waals surface area (Å²) in [6, 6.07) is 6.89. The van der Waals surface area contributed by atoms with Crippen LogP contribution >= 0.6 is 23.1 Å². The van der Waals surface area contributed by atoms with Crippen molar-refractivity contribution in [3.8, 4) is 0 Å². The number of nitrogens with one attached hydrogen (secondary N) is 1. The molecular weight excluding hydrogens is 322 g/mol. The minimum atomic E-state index is -0.489. The molecule has 0 aliphatic rings. The molecule has 2 aromatic rings. The van der Waals surface area contributed by atoms with Gasteiger partial charge in [0.2, 0.25) is 5.91 Å². The van der Waals surface area contributed by atoms with Gasteiger partial charge in [-0.05, 0) is 30.9 Å². The van der Waals surface area contributed by atoms with Crippen molar-refractivity contribution in [3.63, 3.8) is 0 Å². The summed E-state index contributed by atoms with van der Waals surface area (Å²) in [5, 5.41) is 15.6. The Morgan fingerprint density at radius 3 is 3.00 bits per heavy atom. The summed E-state index contributed by atoms with van der Waals surface area (Å²) >= 11 is 2.74. The summed E-state index contributed by atoms with van der Waals surface area (Å²) in [4.78, 5) is 27.7. The van der Waals surface area contributed by atoms with E-state index in [0.29, 0.717) is 6.54 Å². The van der Waals surface area contributed by atoms with Crippen LogP contribution < -0.4 is 5.32 Å². The van der Waals surface area contributed by atoms with Crippen molar-refractivity contribution < 1.29 is 9.72 Å². The Morgan fingerprint density at radius 1 is 1.50 bits per heavy atom. The van der Waals surface area contributed by atoms with Crippen LogP contribution in [0.5, 0.6) is 0 Å². The number of thiophene rings is 1. The summed E-state index contributed by atoms with van der Waals surface area (Å²) in [6.45, 7) is 2.26. The number of pyridine rings is 1. The molecule has 6 nitrogen and oxygen atoms in total. The molecule has 0 radical (unpaired) electrons. The average Bonchev–Trinajstić information content (AvgIpc) is 3.00. The molecule has 116 valence electrons. The first-order valence-electron chi connectivity index (χ1n) is 6.64. The van der Waals surface area contributed by atoms with Crippen molar-refractivity contribution >= 4 is 34.7 Å². The number of nitro groups is 1. The van der Waals surface area contributed by atoms with Gasteiger partial charge in [0.25, 0.3) is 0 Å². The van der Waals surface area contributed by atoms with Gasteiger partial charge >= 0.3 is 5.69 Å². The summed E-state index contributed by atoms with van der Waals surface area (Å²) < 4.78 is 0. The van der Waals surface area contributed by atoms with Crippen LogP contribution in [0.1, 0.15) is 11.8 Å². The molecule has 2 rings (SSSR count). The van der Waals surface area contributed by atoms with Crippen molar-refractivity contribution in [1.82, 2.24) is 10.3 Å². The smallest absolute Gasteiger partial charge is 0.301 e. The zero-order chi connectivity index (χ0) is 15.9. The van der Waals surface area contributed by atoms with Crippen molar-refractivity contribution in [2.45, 2.75) is 23.6 Å². The molecule has 0 spiro atoms. The van der Waals surface area contributed by atoms with Crippen LogP contribution in [0.4, 0.5) is 5.69 Å². The summed E-state index contributed by atoms with van der Waals surface area (Å²) in [7, 11) is 0. The second-order valence-corrected chi connectivity index (χ2v) is 6.83. The topological polar surface area (TPSA) is 85.1 Å². The Hall–Kier alpha value is -1.93. The number of carbonyl (C=O) groups is 1. The van der Waals surface area contributed by atoms with Crippen molar-refractivity contribution in [1.29, 1.82) is 0 Å². The minimum absolute atomic E-state index is 0.0780. The largest absolute Gasteiger partial charge is 0.355 e. The van der Waals surface area contributed by atoms with Crippen LogP contribution in [0, 0.1) is 10.1 Å². The third-order valence-electron chi connectivity index (χ3n) is 2.86. The summed E-state index contributed by atoms with van der Waals surface area (Å²) in [5.41, 5.74) is -0.0780. The molecule has 2 heterocycles. The number of carbonyl (C=O) groups excluding carboxylic acids is 1. The fraction of sp³-hybridized carbons (Fsp3) is 0.286. The highest BCUT2D eigenvalue weighted by Gasteiger charge is 2.21. The third-order valence-corrected chi connectivity index (χ3v) is 4.90. The molecular formula is C14H15N3O3S2. The molecule has 0 saturated carbocycles. The second kappa shape index (κ2) is 7.90. The maximum atomic E-state index is 12.0. The van der Waals surface area contributed by atoms with Crippen LogP contribution in [0.3, 0.4) is 0 Å². The Bertz CT molecular complexity index is 647. The van der Waals surface area contributed by atoms with Gasteiger partial charge in [-0.3, -0.25) is 14.9 Å². The monoisotopic (exact) mass is 337 g/mol. The minimum Gasteiger partial charge on any atom is -0.355 e. The number of aromatic nitrogens is 1. The Labute approximate surface area is 136 Å². The predicted octanol–water partition coefficient (Wildman–Crippen LogP) is 2.89. The predicted molar refractivity (Wildman–Crippen MR) is 87.2 cm³/mol. The van der Waals surface area contributed by atoms with Crippen molar-refractivity contribution in [2.75, 3.05) is 6.54 Å². The molecule has 1 N–H and O–H groups in total. The van der Waals surface area contributed by atoms with Gasteiger partial charge in [-0.2, -0.15) is 0 Å². The fourth-order valence-electron chi connectivity index (χ4n) is 1.74. The molecule has 0 unspecified atom stereocenters. The average molecular weight is 337 g/mol. The van der Waals surface area contributed by atoms with Gasteiger partial charge in [-0.1, -0.05) is 17.8 Å². The van der Waals surface area contributed by atoms with Crippen LogP contribution in [-0.2, 0) is 11.2 Å². The third kappa shape index (κ3) is 4.54. The van der Waals surface area contributed by atoms with E-state index < -0.39 is 10.2 Å². The number of hydrogen-bond donors (Lipinski definition) is 1. The first kappa shape index (κ1) is 16.4. The van der Waals surface area contributed by atoms with Crippen LogP contribution in [0.15, 0.2) is 40.9 Å². The summed E-state index contributed by atoms with van der Waals surface area (Å²) in [5.74, 6) is -0.151. The molecule has 0 aliphatic heterocycles. The molecule has 0 bridgehead atoms. The zero-order valence-electron chi connectivity index (χ0n) is 11.9. The quantitative estimate of drug-likeness (QED) is 0.477. The van der Waals surface area contributed by atoms with E-state index in [4.69, 9.17) is 0 Å². The molecule has 0 aliphatic carbocycles. The maximum absolute atomic E-state index is 12.0. The molecule has 1 atom stereocenters. The Morgan fingerprint density at radius 2 is 2.32 bits per heavy atom. The Balaban J connectivity index is 1.87. The lowest BCUT2D eigenvalue weighted by atomic mass is 10.3. The lowest BCUT2D eigenvalue weighted by molar-refractivity contribution is -0.388. The van der Waals surface area contributed by atoms with Crippen molar-refractivity contribution in [3.05, 3.63) is 50.8 Å². The lowest BCUT2D eigenvalue weighted by Crippen LogP contribution is -2.32. The van der Waals surface area contributed by atoms with Gasteiger partial charge in [0.15, 0.2) is 5.03 Å². The molecule has 1 amide bonds. The molecule has 0 fully saturated rings.